The van der Waals surface area contributed by atoms with Gasteiger partial charge >= 0.3 is 0 Å². The molecule has 0 saturated carbocycles. The number of hydrogen-bond acceptors (Lipinski definition) is 1. The Balaban J connectivity index is 1.06. The Bertz CT molecular complexity index is 2860. The lowest BCUT2D eigenvalue weighted by Crippen LogP contribution is -2.09. The Hall–Kier alpha value is -6.64. The first kappa shape index (κ1) is 28.4. The topological polar surface area (TPSA) is 8.17 Å². The van der Waals surface area contributed by atoms with Crippen LogP contribution in [0.5, 0.6) is 0 Å². The fraction of sp³-hybridized carbons (Fsp3) is 0. The highest BCUT2D eigenvalue weighted by Crippen LogP contribution is 2.39. The summed E-state index contributed by atoms with van der Waals surface area (Å²) < 4.78 is 2.41. The maximum absolute atomic E-state index is 2.41. The molecule has 10 rings (SSSR count). The van der Waals surface area contributed by atoms with Gasteiger partial charge in [0.2, 0.25) is 0 Å². The SMILES string of the molecule is c1ccc(N(c2ccc(-c3ccc4ccccc4c3)cc2)c2ccc3cc(-n4c5ccccc5c5cc6ccccc6cc54)ccc3c2)cc1. The van der Waals surface area contributed by atoms with Crippen LogP contribution in [0.25, 0.3) is 70.9 Å². The molecule has 0 aliphatic carbocycles. The summed E-state index contributed by atoms with van der Waals surface area (Å²) in [6, 6.07) is 70.5. The highest BCUT2D eigenvalue weighted by molar-refractivity contribution is 6.13. The average molecular weight is 637 g/mol. The number of benzene rings is 9. The minimum Gasteiger partial charge on any atom is -0.310 e. The zero-order chi connectivity index (χ0) is 33.0. The summed E-state index contributed by atoms with van der Waals surface area (Å²) in [7, 11) is 0. The van der Waals surface area contributed by atoms with Gasteiger partial charge in [-0.3, -0.25) is 0 Å². The first-order valence-electron chi connectivity index (χ1n) is 17.2. The summed E-state index contributed by atoms with van der Waals surface area (Å²) in [6.07, 6.45) is 0. The van der Waals surface area contributed by atoms with Gasteiger partial charge in [0.25, 0.3) is 0 Å². The molecule has 0 bridgehead atoms. The first-order valence-corrected chi connectivity index (χ1v) is 17.2. The van der Waals surface area contributed by atoms with E-state index in [4.69, 9.17) is 0 Å². The van der Waals surface area contributed by atoms with Crippen LogP contribution in [-0.2, 0) is 0 Å². The van der Waals surface area contributed by atoms with Crippen LogP contribution in [0.2, 0.25) is 0 Å². The van der Waals surface area contributed by atoms with E-state index in [9.17, 15) is 0 Å². The lowest BCUT2D eigenvalue weighted by atomic mass is 10.0. The molecule has 2 heteroatoms. The van der Waals surface area contributed by atoms with Crippen LogP contribution in [-0.4, -0.2) is 4.57 Å². The third-order valence-electron chi connectivity index (χ3n) is 10.1. The molecule has 234 valence electrons. The standard InChI is InChI=1S/C48H32N2/c1-2-14-41(15-3-1)49(42-24-20-34(21-25-42)38-19-18-33-10-4-5-11-35(33)28-38)43-26-22-40-30-44(27-23-39(40)29-43)50-47-17-9-8-16-45(47)46-31-36-12-6-7-13-37(36)32-48(46)50/h1-32H. The molecule has 10 aromatic rings. The van der Waals surface area contributed by atoms with E-state index < -0.39 is 0 Å². The molecule has 0 N–H and O–H groups in total. The lowest BCUT2D eigenvalue weighted by Gasteiger charge is -2.26. The Morgan fingerprint density at radius 3 is 1.68 bits per heavy atom. The Morgan fingerprint density at radius 2 is 0.860 bits per heavy atom. The van der Waals surface area contributed by atoms with E-state index in [0.29, 0.717) is 0 Å². The molecule has 2 nitrogen and oxygen atoms in total. The molecule has 0 spiro atoms. The molecule has 50 heavy (non-hydrogen) atoms. The van der Waals surface area contributed by atoms with Crippen LogP contribution >= 0.6 is 0 Å². The molecule has 0 aliphatic rings. The largest absolute Gasteiger partial charge is 0.310 e. The Labute approximate surface area is 290 Å². The van der Waals surface area contributed by atoms with Crippen molar-refractivity contribution in [2.45, 2.75) is 0 Å². The van der Waals surface area contributed by atoms with Crippen molar-refractivity contribution in [3.63, 3.8) is 0 Å². The minimum atomic E-state index is 1.12. The van der Waals surface area contributed by atoms with Crippen LogP contribution in [0.3, 0.4) is 0 Å². The minimum absolute atomic E-state index is 1.12. The van der Waals surface area contributed by atoms with Crippen molar-refractivity contribution in [1.29, 1.82) is 0 Å². The van der Waals surface area contributed by atoms with Crippen molar-refractivity contribution in [3.8, 4) is 16.8 Å². The van der Waals surface area contributed by atoms with Crippen LogP contribution in [0.1, 0.15) is 0 Å². The average Bonchev–Trinajstić information content (AvgIpc) is 3.50. The van der Waals surface area contributed by atoms with E-state index in [-0.39, 0.29) is 0 Å². The van der Waals surface area contributed by atoms with Crippen molar-refractivity contribution in [1.82, 2.24) is 4.57 Å². The van der Waals surface area contributed by atoms with E-state index in [1.807, 2.05) is 0 Å². The zero-order valence-electron chi connectivity index (χ0n) is 27.4. The molecule has 9 aromatic carbocycles. The Kier molecular flexibility index (Phi) is 6.53. The van der Waals surface area contributed by atoms with Gasteiger partial charge in [-0.15, -0.1) is 0 Å². The normalized spacial score (nSPS) is 11.6. The number of rotatable bonds is 5. The van der Waals surface area contributed by atoms with E-state index in [1.54, 1.807) is 0 Å². The zero-order valence-corrected chi connectivity index (χ0v) is 27.4. The van der Waals surface area contributed by atoms with Gasteiger partial charge in [0.05, 0.1) is 11.0 Å². The third-order valence-corrected chi connectivity index (χ3v) is 10.1. The summed E-state index contributed by atoms with van der Waals surface area (Å²) in [5.74, 6) is 0. The van der Waals surface area contributed by atoms with Crippen molar-refractivity contribution >= 4 is 71.2 Å². The monoisotopic (exact) mass is 636 g/mol. The number of fused-ring (bicyclic) bond motifs is 6. The van der Waals surface area contributed by atoms with Gasteiger partial charge in [0.1, 0.15) is 0 Å². The maximum Gasteiger partial charge on any atom is 0.0547 e. The van der Waals surface area contributed by atoms with Gasteiger partial charge < -0.3 is 9.47 Å². The molecule has 0 fully saturated rings. The molecule has 1 aromatic heterocycles. The number of aromatic nitrogens is 1. The fourth-order valence-electron chi connectivity index (χ4n) is 7.63. The molecule has 1 heterocycles. The van der Waals surface area contributed by atoms with Crippen molar-refractivity contribution in [2.24, 2.45) is 0 Å². The van der Waals surface area contributed by atoms with Gasteiger partial charge in [-0.25, -0.2) is 0 Å². The summed E-state index contributed by atoms with van der Waals surface area (Å²) in [4.78, 5) is 2.34. The van der Waals surface area contributed by atoms with E-state index >= 15 is 0 Å². The molecule has 0 radical (unpaired) electrons. The van der Waals surface area contributed by atoms with E-state index in [0.717, 1.165) is 22.7 Å². The number of hydrogen-bond donors (Lipinski definition) is 0. The number of anilines is 3. The lowest BCUT2D eigenvalue weighted by molar-refractivity contribution is 1.19. The van der Waals surface area contributed by atoms with Crippen LogP contribution in [0.4, 0.5) is 17.1 Å². The second-order valence-electron chi connectivity index (χ2n) is 13.1. The van der Waals surface area contributed by atoms with Gasteiger partial charge in [0.15, 0.2) is 0 Å². The fourth-order valence-corrected chi connectivity index (χ4v) is 7.63. The molecule has 0 aliphatic heterocycles. The number of nitrogens with zero attached hydrogens (tertiary/aromatic N) is 2. The van der Waals surface area contributed by atoms with Gasteiger partial charge in [-0.05, 0) is 116 Å². The van der Waals surface area contributed by atoms with Crippen LogP contribution < -0.4 is 4.90 Å². The van der Waals surface area contributed by atoms with Crippen molar-refractivity contribution in [2.75, 3.05) is 4.90 Å². The summed E-state index contributed by atoms with van der Waals surface area (Å²) >= 11 is 0. The highest BCUT2D eigenvalue weighted by atomic mass is 15.1. The van der Waals surface area contributed by atoms with Gasteiger partial charge in [-0.2, -0.15) is 0 Å². The van der Waals surface area contributed by atoms with Gasteiger partial charge in [0, 0.05) is 33.5 Å². The molecular weight excluding hydrogens is 605 g/mol. The molecule has 0 amide bonds. The second kappa shape index (κ2) is 11.5. The predicted octanol–water partition coefficient (Wildman–Crippen LogP) is 13.4. The van der Waals surface area contributed by atoms with Crippen LogP contribution in [0.15, 0.2) is 194 Å². The van der Waals surface area contributed by atoms with Crippen LogP contribution in [0, 0.1) is 0 Å². The third kappa shape index (κ3) is 4.73. The van der Waals surface area contributed by atoms with Crippen molar-refractivity contribution in [3.05, 3.63) is 194 Å². The Morgan fingerprint density at radius 1 is 0.300 bits per heavy atom. The van der Waals surface area contributed by atoms with E-state index in [2.05, 4.69) is 204 Å². The quantitative estimate of drug-likeness (QED) is 0.182. The second-order valence-corrected chi connectivity index (χ2v) is 13.1. The summed E-state index contributed by atoms with van der Waals surface area (Å²) in [6.45, 7) is 0. The maximum atomic E-state index is 2.41. The summed E-state index contributed by atoms with van der Waals surface area (Å²) in [5, 5.41) is 9.99. The predicted molar refractivity (Wildman–Crippen MR) is 213 cm³/mol. The summed E-state index contributed by atoms with van der Waals surface area (Å²) in [5.41, 5.74) is 9.40. The highest BCUT2D eigenvalue weighted by Gasteiger charge is 2.16. The van der Waals surface area contributed by atoms with Crippen molar-refractivity contribution < 1.29 is 0 Å². The number of para-hydroxylation sites is 2. The molecule has 0 saturated heterocycles. The first-order chi connectivity index (χ1) is 24.8. The molecule has 0 atom stereocenters. The smallest absolute Gasteiger partial charge is 0.0547 e. The van der Waals surface area contributed by atoms with Gasteiger partial charge in [-0.1, -0.05) is 121 Å². The van der Waals surface area contributed by atoms with E-state index in [1.165, 1.54) is 65.3 Å². The molecular formula is C48H32N2. The molecule has 0 unspecified atom stereocenters.